The summed E-state index contributed by atoms with van der Waals surface area (Å²) in [6, 6.07) is 3.90. The van der Waals surface area contributed by atoms with Crippen LogP contribution in [0.4, 0.5) is 0 Å². The number of rotatable bonds is 1. The van der Waals surface area contributed by atoms with Crippen LogP contribution in [-0.4, -0.2) is 39.8 Å². The van der Waals surface area contributed by atoms with E-state index in [0.29, 0.717) is 5.71 Å². The third-order valence-corrected chi connectivity index (χ3v) is 4.43. The van der Waals surface area contributed by atoms with Crippen molar-refractivity contribution in [2.45, 2.75) is 26.8 Å². The first-order valence-electron chi connectivity index (χ1n) is 8.89. The highest BCUT2D eigenvalue weighted by atomic mass is 16.3. The number of allylic oxidation sites excluding steroid dienone is 1. The molecule has 0 aromatic carbocycles. The van der Waals surface area contributed by atoms with E-state index in [1.807, 2.05) is 43.3 Å². The predicted octanol–water partition coefficient (Wildman–Crippen LogP) is 2.31. The molecule has 0 amide bonds. The molecule has 22 heavy (non-hydrogen) atoms. The fraction of sp³-hybridized carbons (Fsp3) is 0.312. The molecule has 1 atom stereocenters. The van der Waals surface area contributed by atoms with Crippen LogP contribution >= 0.6 is 0 Å². The van der Waals surface area contributed by atoms with Crippen molar-refractivity contribution in [1.82, 2.24) is 19.8 Å². The molecule has 112 valence electrons. The molecule has 0 aliphatic carbocycles. The van der Waals surface area contributed by atoms with Gasteiger partial charge in [0.05, 0.1) is 0 Å². The summed E-state index contributed by atoms with van der Waals surface area (Å²) in [5.41, 5.74) is 2.68. The average Bonchev–Trinajstić information content (AvgIpc) is 3.07. The Balaban J connectivity index is 1.75. The van der Waals surface area contributed by atoms with Crippen molar-refractivity contribution in [3.05, 3.63) is 42.2 Å². The van der Waals surface area contributed by atoms with Crippen molar-refractivity contribution in [1.29, 1.82) is 0 Å². The van der Waals surface area contributed by atoms with Crippen molar-refractivity contribution >= 4 is 29.5 Å². The molecular weight excluding hydrogens is 275 g/mol. The molecule has 6 heteroatoms. The number of hydrogen-bond acceptors (Lipinski definition) is 5. The van der Waals surface area contributed by atoms with Crippen LogP contribution in [0.25, 0.3) is 17.2 Å². The second kappa shape index (κ2) is 4.56. The van der Waals surface area contributed by atoms with Gasteiger partial charge in [0.25, 0.3) is 0 Å². The van der Waals surface area contributed by atoms with E-state index in [9.17, 15) is 0 Å². The molecule has 0 spiro atoms. The highest BCUT2D eigenvalue weighted by Crippen LogP contribution is 2.29. The Morgan fingerprint density at radius 1 is 1.41 bits per heavy atom. The van der Waals surface area contributed by atoms with E-state index in [4.69, 9.17) is 8.53 Å². The van der Waals surface area contributed by atoms with Gasteiger partial charge in [0.2, 0.25) is 5.71 Å². The number of nitrogens with zero attached hydrogens (tertiary/aromatic N) is 4. The van der Waals surface area contributed by atoms with E-state index in [0.717, 1.165) is 22.3 Å². The highest BCUT2D eigenvalue weighted by Gasteiger charge is 2.37. The quantitative estimate of drug-likeness (QED) is 0.755. The largest absolute Gasteiger partial charge is 0.439 e. The molecule has 2 aromatic rings. The van der Waals surface area contributed by atoms with Gasteiger partial charge in [0.1, 0.15) is 11.9 Å². The molecule has 4 rings (SSSR count). The second-order valence-corrected chi connectivity index (χ2v) is 5.76. The lowest BCUT2D eigenvalue weighted by atomic mass is 9.55. The van der Waals surface area contributed by atoms with Crippen LogP contribution in [0.15, 0.2) is 40.8 Å². The highest BCUT2D eigenvalue weighted by molar-refractivity contribution is 6.73. The van der Waals surface area contributed by atoms with Crippen LogP contribution in [0.2, 0.25) is 6.82 Å². The molecule has 2 aromatic heterocycles. The van der Waals surface area contributed by atoms with E-state index < -0.39 is 6.98 Å². The van der Waals surface area contributed by atoms with Gasteiger partial charge in [-0.3, -0.25) is 5.01 Å². The summed E-state index contributed by atoms with van der Waals surface area (Å²) in [5, 5.41) is 2.95. The minimum Gasteiger partial charge on any atom is -0.439 e. The summed E-state index contributed by atoms with van der Waals surface area (Å²) in [6.45, 7) is 3.80. The SMILES string of the molecule is [2H]C([2H])([2H])N1C=CN(N2B(C)c3c(oc4ncccc34)C=C2C)[C@H]1C. The molecule has 2 aliphatic heterocycles. The van der Waals surface area contributed by atoms with Crippen molar-refractivity contribution in [3.8, 4) is 0 Å². The van der Waals surface area contributed by atoms with Gasteiger partial charge < -0.3 is 14.2 Å². The van der Waals surface area contributed by atoms with Gasteiger partial charge in [-0.1, -0.05) is 6.82 Å². The van der Waals surface area contributed by atoms with Crippen LogP contribution in [0.3, 0.4) is 0 Å². The van der Waals surface area contributed by atoms with Crippen molar-refractivity contribution < 1.29 is 8.53 Å². The molecule has 5 nitrogen and oxygen atoms in total. The normalized spacial score (nSPS) is 23.5. The van der Waals surface area contributed by atoms with Crippen molar-refractivity contribution in [2.75, 3.05) is 6.98 Å². The number of aromatic nitrogens is 1. The zero-order chi connectivity index (χ0) is 17.9. The van der Waals surface area contributed by atoms with Gasteiger partial charge >= 0.3 is 6.85 Å². The van der Waals surface area contributed by atoms with E-state index in [2.05, 4.69) is 16.7 Å². The van der Waals surface area contributed by atoms with Crippen molar-refractivity contribution in [3.63, 3.8) is 0 Å². The fourth-order valence-corrected chi connectivity index (χ4v) is 3.34. The number of pyridine rings is 1. The standard InChI is InChI=1S/C16H19BN4O/c1-11-10-14-15(13-6-5-7-18-16(13)22-14)17(3)21(11)20-9-8-19(4)12(20)2/h5-10,12H,1-4H3/t12-/m0/s1/i4D3. The Hall–Kier alpha value is -2.37. The Morgan fingerprint density at radius 2 is 2.27 bits per heavy atom. The Morgan fingerprint density at radius 3 is 3.05 bits per heavy atom. The first-order chi connectivity index (χ1) is 11.8. The summed E-state index contributed by atoms with van der Waals surface area (Å²) < 4.78 is 29.0. The summed E-state index contributed by atoms with van der Waals surface area (Å²) in [7, 11) is 0. The van der Waals surface area contributed by atoms with Crippen LogP contribution in [0.5, 0.6) is 0 Å². The molecule has 0 fully saturated rings. The van der Waals surface area contributed by atoms with Crippen LogP contribution < -0.4 is 5.46 Å². The topological polar surface area (TPSA) is 35.8 Å². The molecule has 0 unspecified atom stereocenters. The van der Waals surface area contributed by atoms with E-state index in [1.165, 1.54) is 4.90 Å². The predicted molar refractivity (Wildman–Crippen MR) is 89.0 cm³/mol. The molecule has 0 saturated heterocycles. The Kier molecular flexibility index (Phi) is 2.15. The second-order valence-electron chi connectivity index (χ2n) is 5.76. The number of hydrogen-bond donors (Lipinski definition) is 0. The molecule has 0 bridgehead atoms. The Bertz CT molecular complexity index is 891. The maximum Gasteiger partial charge on any atom is 0.315 e. The summed E-state index contributed by atoms with van der Waals surface area (Å²) in [5.74, 6) is 0.818. The minimum atomic E-state index is -2.17. The maximum atomic E-state index is 7.69. The van der Waals surface area contributed by atoms with Crippen LogP contribution in [-0.2, 0) is 0 Å². The Labute approximate surface area is 134 Å². The maximum absolute atomic E-state index is 7.69. The van der Waals surface area contributed by atoms with Crippen LogP contribution in [0, 0.1) is 0 Å². The molecule has 0 radical (unpaired) electrons. The van der Waals surface area contributed by atoms with Gasteiger partial charge in [-0.2, -0.15) is 0 Å². The van der Waals surface area contributed by atoms with E-state index in [1.54, 1.807) is 12.4 Å². The lowest BCUT2D eigenvalue weighted by molar-refractivity contribution is 0.0635. The number of furan rings is 1. The number of hydrazine groups is 1. The zero-order valence-corrected chi connectivity index (χ0v) is 12.8. The van der Waals surface area contributed by atoms with E-state index >= 15 is 0 Å². The third-order valence-electron chi connectivity index (χ3n) is 4.43. The summed E-state index contributed by atoms with van der Waals surface area (Å²) >= 11 is 0. The summed E-state index contributed by atoms with van der Waals surface area (Å²) in [6.07, 6.45) is 6.83. The van der Waals surface area contributed by atoms with Gasteiger partial charge in [-0.15, -0.1) is 0 Å². The fourth-order valence-electron chi connectivity index (χ4n) is 3.34. The average molecular weight is 297 g/mol. The van der Waals surface area contributed by atoms with Crippen LogP contribution in [0.1, 0.15) is 23.7 Å². The minimum absolute atomic E-state index is 0.00546. The van der Waals surface area contributed by atoms with Gasteiger partial charge in [-0.25, -0.2) is 4.98 Å². The lowest BCUT2D eigenvalue weighted by Crippen LogP contribution is -2.57. The lowest BCUT2D eigenvalue weighted by Gasteiger charge is -2.43. The van der Waals surface area contributed by atoms with Crippen molar-refractivity contribution in [2.24, 2.45) is 0 Å². The molecule has 0 N–H and O–H groups in total. The first kappa shape index (κ1) is 10.4. The van der Waals surface area contributed by atoms with Gasteiger partial charge in [-0.05, 0) is 32.1 Å². The smallest absolute Gasteiger partial charge is 0.315 e. The molecule has 4 heterocycles. The van der Waals surface area contributed by atoms with Gasteiger partial charge in [0, 0.05) is 46.2 Å². The molecular formula is C16H19BN4O. The molecule has 0 saturated carbocycles. The first-order valence-corrected chi connectivity index (χ1v) is 7.39. The monoisotopic (exact) mass is 297 g/mol. The third kappa shape index (κ3) is 1.70. The zero-order valence-electron chi connectivity index (χ0n) is 15.8. The number of fused-ring (bicyclic) bond motifs is 3. The summed E-state index contributed by atoms with van der Waals surface area (Å²) in [4.78, 5) is 7.80. The van der Waals surface area contributed by atoms with E-state index in [-0.39, 0.29) is 13.0 Å². The van der Waals surface area contributed by atoms with Gasteiger partial charge in [0.15, 0.2) is 0 Å². The molecule has 2 aliphatic rings.